The number of aliphatic hydroxyl groups is 1. The molecule has 2 amide bonds. The van der Waals surface area contributed by atoms with E-state index in [1.54, 1.807) is 19.1 Å². The summed E-state index contributed by atoms with van der Waals surface area (Å²) in [6, 6.07) is 13.4. The molecule has 0 aliphatic heterocycles. The Balaban J connectivity index is 1.49. The molecule has 1 heterocycles. The van der Waals surface area contributed by atoms with Crippen molar-refractivity contribution in [1.82, 2.24) is 10.6 Å². The molecule has 23 heavy (non-hydrogen) atoms. The minimum absolute atomic E-state index is 0.0716. The van der Waals surface area contributed by atoms with Crippen molar-refractivity contribution in [1.29, 1.82) is 0 Å². The standard InChI is InChI=1S/C18H22N2O3/c1-17(22,15-8-5-11-23-15)12-19-16(21)20-13-18(9-10-18)14-6-3-2-4-7-14/h2-8,11,22H,9-10,12-13H2,1H3,(H2,19,20,21). The average molecular weight is 314 g/mol. The highest BCUT2D eigenvalue weighted by molar-refractivity contribution is 5.74. The van der Waals surface area contributed by atoms with Gasteiger partial charge in [0, 0.05) is 12.0 Å². The lowest BCUT2D eigenvalue weighted by atomic mass is 9.96. The van der Waals surface area contributed by atoms with Crippen LogP contribution in [0.25, 0.3) is 0 Å². The highest BCUT2D eigenvalue weighted by Crippen LogP contribution is 2.47. The summed E-state index contributed by atoms with van der Waals surface area (Å²) in [5.74, 6) is 0.431. The third kappa shape index (κ3) is 3.56. The van der Waals surface area contributed by atoms with Crippen molar-refractivity contribution >= 4 is 6.03 Å². The summed E-state index contributed by atoms with van der Waals surface area (Å²) in [7, 11) is 0. The zero-order chi connectivity index (χ0) is 16.3. The number of carbonyl (C=O) groups excluding carboxylic acids is 1. The molecule has 1 aliphatic rings. The Labute approximate surface area is 135 Å². The van der Waals surface area contributed by atoms with Crippen molar-refractivity contribution < 1.29 is 14.3 Å². The maximum Gasteiger partial charge on any atom is 0.314 e. The number of furan rings is 1. The van der Waals surface area contributed by atoms with Gasteiger partial charge in [0.15, 0.2) is 0 Å². The smallest absolute Gasteiger partial charge is 0.314 e. The maximum absolute atomic E-state index is 12.0. The molecular weight excluding hydrogens is 292 g/mol. The van der Waals surface area contributed by atoms with Gasteiger partial charge >= 0.3 is 6.03 Å². The fraction of sp³-hybridized carbons (Fsp3) is 0.389. The SMILES string of the molecule is CC(O)(CNC(=O)NCC1(c2ccccc2)CC1)c1ccco1. The molecular formula is C18H22N2O3. The lowest BCUT2D eigenvalue weighted by molar-refractivity contribution is 0.0367. The van der Waals surface area contributed by atoms with Crippen LogP contribution in [0.5, 0.6) is 0 Å². The van der Waals surface area contributed by atoms with Crippen LogP contribution < -0.4 is 10.6 Å². The van der Waals surface area contributed by atoms with Crippen LogP contribution in [0, 0.1) is 0 Å². The summed E-state index contributed by atoms with van der Waals surface area (Å²) < 4.78 is 5.19. The van der Waals surface area contributed by atoms with Crippen molar-refractivity contribution in [3.8, 4) is 0 Å². The second kappa shape index (κ2) is 6.08. The van der Waals surface area contributed by atoms with E-state index in [-0.39, 0.29) is 18.0 Å². The first kappa shape index (κ1) is 15.6. The van der Waals surface area contributed by atoms with Gasteiger partial charge in [-0.3, -0.25) is 0 Å². The van der Waals surface area contributed by atoms with E-state index in [2.05, 4.69) is 22.8 Å². The van der Waals surface area contributed by atoms with Gasteiger partial charge < -0.3 is 20.2 Å². The van der Waals surface area contributed by atoms with Crippen LogP contribution in [0.2, 0.25) is 0 Å². The van der Waals surface area contributed by atoms with Crippen molar-refractivity contribution in [2.24, 2.45) is 0 Å². The second-order valence-electron chi connectivity index (χ2n) is 6.43. The van der Waals surface area contributed by atoms with E-state index in [0.29, 0.717) is 12.3 Å². The number of amides is 2. The Kier molecular flexibility index (Phi) is 4.13. The molecule has 5 nitrogen and oxygen atoms in total. The molecule has 122 valence electrons. The topological polar surface area (TPSA) is 74.5 Å². The normalized spacial score (nSPS) is 18.0. The van der Waals surface area contributed by atoms with Crippen molar-refractivity contribution in [3.63, 3.8) is 0 Å². The molecule has 0 spiro atoms. The molecule has 0 radical (unpaired) electrons. The first-order chi connectivity index (χ1) is 11.0. The molecule has 3 N–H and O–H groups in total. The molecule has 1 aliphatic carbocycles. The van der Waals surface area contributed by atoms with Gasteiger partial charge in [0.25, 0.3) is 0 Å². The van der Waals surface area contributed by atoms with E-state index < -0.39 is 5.60 Å². The third-order valence-electron chi connectivity index (χ3n) is 4.47. The van der Waals surface area contributed by atoms with Gasteiger partial charge in [-0.15, -0.1) is 0 Å². The van der Waals surface area contributed by atoms with E-state index in [0.717, 1.165) is 12.8 Å². The average Bonchev–Trinajstić information content (AvgIpc) is 3.14. The minimum atomic E-state index is -1.22. The van der Waals surface area contributed by atoms with Crippen molar-refractivity contribution in [2.45, 2.75) is 30.8 Å². The summed E-state index contributed by atoms with van der Waals surface area (Å²) in [4.78, 5) is 12.0. The van der Waals surface area contributed by atoms with Gasteiger partial charge in [0.2, 0.25) is 0 Å². The maximum atomic E-state index is 12.0. The number of hydrogen-bond acceptors (Lipinski definition) is 3. The van der Waals surface area contributed by atoms with Crippen LogP contribution in [0.4, 0.5) is 4.79 Å². The Morgan fingerprint density at radius 3 is 2.57 bits per heavy atom. The molecule has 1 unspecified atom stereocenters. The molecule has 2 aromatic rings. The predicted octanol–water partition coefficient (Wildman–Crippen LogP) is 2.52. The number of urea groups is 1. The number of carbonyl (C=O) groups is 1. The van der Waals surface area contributed by atoms with E-state index in [4.69, 9.17) is 4.42 Å². The molecule has 1 saturated carbocycles. The van der Waals surface area contributed by atoms with Crippen LogP contribution in [0.1, 0.15) is 31.1 Å². The lowest BCUT2D eigenvalue weighted by Gasteiger charge is -2.22. The van der Waals surface area contributed by atoms with Gasteiger partial charge in [-0.1, -0.05) is 30.3 Å². The molecule has 1 aromatic heterocycles. The highest BCUT2D eigenvalue weighted by atomic mass is 16.4. The summed E-state index contributed by atoms with van der Waals surface area (Å²) in [5.41, 5.74) is 0.113. The molecule has 0 saturated heterocycles. The quantitative estimate of drug-likeness (QED) is 0.767. The number of hydrogen-bond donors (Lipinski definition) is 3. The third-order valence-corrected chi connectivity index (χ3v) is 4.47. The molecule has 5 heteroatoms. The zero-order valence-electron chi connectivity index (χ0n) is 13.2. The van der Waals surface area contributed by atoms with Gasteiger partial charge in [0.05, 0.1) is 12.8 Å². The fourth-order valence-corrected chi connectivity index (χ4v) is 2.75. The van der Waals surface area contributed by atoms with Crippen LogP contribution in [-0.2, 0) is 11.0 Å². The van der Waals surface area contributed by atoms with E-state index in [1.807, 2.05) is 18.2 Å². The molecule has 0 bridgehead atoms. The van der Waals surface area contributed by atoms with Gasteiger partial charge in [-0.2, -0.15) is 0 Å². The largest absolute Gasteiger partial charge is 0.466 e. The Morgan fingerprint density at radius 1 is 1.22 bits per heavy atom. The van der Waals surface area contributed by atoms with Crippen LogP contribution in [-0.4, -0.2) is 24.2 Å². The van der Waals surface area contributed by atoms with E-state index in [1.165, 1.54) is 11.8 Å². The number of benzene rings is 1. The van der Waals surface area contributed by atoms with E-state index in [9.17, 15) is 9.90 Å². The second-order valence-corrected chi connectivity index (χ2v) is 6.43. The number of rotatable bonds is 6. The Morgan fingerprint density at radius 2 is 1.96 bits per heavy atom. The summed E-state index contributed by atoms with van der Waals surface area (Å²) in [5, 5.41) is 15.9. The molecule has 1 fully saturated rings. The highest BCUT2D eigenvalue weighted by Gasteiger charge is 2.44. The zero-order valence-corrected chi connectivity index (χ0v) is 13.2. The predicted molar refractivity (Wildman–Crippen MR) is 87.0 cm³/mol. The summed E-state index contributed by atoms with van der Waals surface area (Å²) >= 11 is 0. The van der Waals surface area contributed by atoms with Gasteiger partial charge in [0.1, 0.15) is 11.4 Å². The van der Waals surface area contributed by atoms with Crippen molar-refractivity contribution in [3.05, 3.63) is 60.1 Å². The Bertz CT molecular complexity index is 646. The lowest BCUT2D eigenvalue weighted by Crippen LogP contribution is -2.45. The van der Waals surface area contributed by atoms with Crippen LogP contribution in [0.15, 0.2) is 53.1 Å². The summed E-state index contributed by atoms with van der Waals surface area (Å²) in [6.07, 6.45) is 3.67. The Hall–Kier alpha value is -2.27. The fourth-order valence-electron chi connectivity index (χ4n) is 2.75. The monoisotopic (exact) mass is 314 g/mol. The molecule has 1 aromatic carbocycles. The summed E-state index contributed by atoms with van der Waals surface area (Å²) in [6.45, 7) is 2.30. The molecule has 3 rings (SSSR count). The van der Waals surface area contributed by atoms with Gasteiger partial charge in [-0.25, -0.2) is 4.79 Å². The first-order valence-corrected chi connectivity index (χ1v) is 7.85. The molecule has 1 atom stereocenters. The van der Waals surface area contributed by atoms with Crippen LogP contribution >= 0.6 is 0 Å². The van der Waals surface area contributed by atoms with Crippen LogP contribution in [0.3, 0.4) is 0 Å². The van der Waals surface area contributed by atoms with Gasteiger partial charge in [-0.05, 0) is 37.5 Å². The van der Waals surface area contributed by atoms with E-state index >= 15 is 0 Å². The number of nitrogens with one attached hydrogen (secondary N) is 2. The first-order valence-electron chi connectivity index (χ1n) is 7.85. The van der Waals surface area contributed by atoms with Crippen molar-refractivity contribution in [2.75, 3.05) is 13.1 Å². The minimum Gasteiger partial charge on any atom is -0.466 e.